The van der Waals surface area contributed by atoms with Crippen LogP contribution in [0.4, 0.5) is 4.39 Å². The summed E-state index contributed by atoms with van der Waals surface area (Å²) in [6, 6.07) is 21.6. The minimum atomic E-state index is -0.812. The molecule has 0 fully saturated rings. The Morgan fingerprint density at radius 1 is 0.938 bits per heavy atom. The van der Waals surface area contributed by atoms with Gasteiger partial charge in [-0.15, -0.1) is 0 Å². The average Bonchev–Trinajstić information content (AvgIpc) is 2.80. The summed E-state index contributed by atoms with van der Waals surface area (Å²) in [5.74, 6) is -0.759. The Morgan fingerprint density at radius 3 is 2.19 bits per heavy atom. The zero-order valence-corrected chi connectivity index (χ0v) is 18.7. The molecule has 166 valence electrons. The van der Waals surface area contributed by atoms with Crippen LogP contribution < -0.4 is 5.32 Å². The number of amides is 2. The zero-order valence-electron chi connectivity index (χ0n) is 17.9. The predicted molar refractivity (Wildman–Crippen MR) is 124 cm³/mol. The third-order valence-corrected chi connectivity index (χ3v) is 5.36. The van der Waals surface area contributed by atoms with Crippen molar-refractivity contribution in [1.82, 2.24) is 10.2 Å². The fourth-order valence-corrected chi connectivity index (χ4v) is 3.59. The highest BCUT2D eigenvalue weighted by Gasteiger charge is 2.31. The maximum absolute atomic E-state index is 13.4. The van der Waals surface area contributed by atoms with Crippen molar-refractivity contribution in [3.05, 3.63) is 106 Å². The van der Waals surface area contributed by atoms with Crippen LogP contribution in [0.15, 0.2) is 78.9 Å². The summed E-state index contributed by atoms with van der Waals surface area (Å²) in [6.45, 7) is 2.44. The van der Waals surface area contributed by atoms with Gasteiger partial charge >= 0.3 is 0 Å². The maximum atomic E-state index is 13.4. The molecule has 0 aliphatic rings. The topological polar surface area (TPSA) is 49.4 Å². The molecule has 0 aromatic heterocycles. The lowest BCUT2D eigenvalue weighted by Gasteiger charge is -2.31. The lowest BCUT2D eigenvalue weighted by atomic mass is 10.0. The summed E-state index contributed by atoms with van der Waals surface area (Å²) in [7, 11) is 0. The fraction of sp³-hybridized carbons (Fsp3) is 0.231. The maximum Gasteiger partial charge on any atom is 0.247 e. The second-order valence-corrected chi connectivity index (χ2v) is 7.99. The number of carbonyl (C=O) groups excluding carboxylic acids is 2. The van der Waals surface area contributed by atoms with Gasteiger partial charge in [0.1, 0.15) is 11.9 Å². The number of rotatable bonds is 9. The van der Waals surface area contributed by atoms with Crippen LogP contribution in [0.25, 0.3) is 0 Å². The predicted octanol–water partition coefficient (Wildman–Crippen LogP) is 5.67. The van der Waals surface area contributed by atoms with E-state index in [1.54, 1.807) is 29.2 Å². The van der Waals surface area contributed by atoms with Gasteiger partial charge < -0.3 is 10.2 Å². The van der Waals surface area contributed by atoms with Gasteiger partial charge in [0.15, 0.2) is 0 Å². The summed E-state index contributed by atoms with van der Waals surface area (Å²) in [4.78, 5) is 28.1. The normalized spacial score (nSPS) is 11.6. The molecule has 0 saturated carbocycles. The van der Waals surface area contributed by atoms with Crippen molar-refractivity contribution in [2.24, 2.45) is 0 Å². The zero-order chi connectivity index (χ0) is 22.9. The third kappa shape index (κ3) is 6.41. The van der Waals surface area contributed by atoms with Gasteiger partial charge in [-0.3, -0.25) is 9.59 Å². The third-order valence-electron chi connectivity index (χ3n) is 5.11. The molecule has 32 heavy (non-hydrogen) atoms. The largest absolute Gasteiger partial charge is 0.350 e. The van der Waals surface area contributed by atoms with Crippen LogP contribution in [-0.4, -0.2) is 16.7 Å². The molecule has 0 heterocycles. The van der Waals surface area contributed by atoms with E-state index in [0.29, 0.717) is 30.0 Å². The summed E-state index contributed by atoms with van der Waals surface area (Å²) >= 11 is 5.94. The van der Waals surface area contributed by atoms with E-state index in [-0.39, 0.29) is 24.2 Å². The molecule has 3 rings (SSSR count). The Kier molecular flexibility index (Phi) is 8.40. The van der Waals surface area contributed by atoms with E-state index in [0.717, 1.165) is 11.1 Å². The van der Waals surface area contributed by atoms with E-state index in [9.17, 15) is 14.0 Å². The van der Waals surface area contributed by atoms with Crippen LogP contribution in [0.1, 0.15) is 42.5 Å². The quantitative estimate of drug-likeness (QED) is 0.455. The summed E-state index contributed by atoms with van der Waals surface area (Å²) in [5, 5.41) is 3.58. The highest BCUT2D eigenvalue weighted by molar-refractivity contribution is 6.30. The van der Waals surface area contributed by atoms with Gasteiger partial charge in [0.05, 0.1) is 0 Å². The van der Waals surface area contributed by atoms with Gasteiger partial charge in [-0.2, -0.15) is 0 Å². The molecular weight excluding hydrogens is 427 g/mol. The number of nitrogens with zero attached hydrogens (tertiary/aromatic N) is 1. The highest BCUT2D eigenvalue weighted by Crippen LogP contribution is 2.25. The molecule has 0 spiro atoms. The molecule has 0 saturated heterocycles. The van der Waals surface area contributed by atoms with Crippen LogP contribution >= 0.6 is 11.6 Å². The summed E-state index contributed by atoms with van der Waals surface area (Å²) < 4.78 is 13.4. The van der Waals surface area contributed by atoms with Crippen molar-refractivity contribution in [1.29, 1.82) is 0 Å². The van der Waals surface area contributed by atoms with E-state index >= 15 is 0 Å². The molecule has 1 N–H and O–H groups in total. The smallest absolute Gasteiger partial charge is 0.247 e. The van der Waals surface area contributed by atoms with Crippen LogP contribution in [0.2, 0.25) is 5.02 Å². The van der Waals surface area contributed by atoms with E-state index in [1.165, 1.54) is 12.1 Å². The second kappa shape index (κ2) is 11.4. The van der Waals surface area contributed by atoms with Crippen molar-refractivity contribution < 1.29 is 14.0 Å². The van der Waals surface area contributed by atoms with Gasteiger partial charge in [-0.05, 0) is 47.4 Å². The average molecular weight is 453 g/mol. The first-order valence-electron chi connectivity index (χ1n) is 10.6. The first-order valence-corrected chi connectivity index (χ1v) is 11.0. The lowest BCUT2D eigenvalue weighted by molar-refractivity contribution is -0.141. The van der Waals surface area contributed by atoms with Crippen LogP contribution in [0.3, 0.4) is 0 Å². The number of carbonyl (C=O) groups is 2. The van der Waals surface area contributed by atoms with Gasteiger partial charge in [0, 0.05) is 24.5 Å². The lowest BCUT2D eigenvalue weighted by Crippen LogP contribution is -2.43. The molecule has 0 bridgehead atoms. The number of hydrogen-bond donors (Lipinski definition) is 1. The number of nitrogens with one attached hydrogen (secondary N) is 1. The minimum Gasteiger partial charge on any atom is -0.350 e. The van der Waals surface area contributed by atoms with Crippen molar-refractivity contribution in [2.75, 3.05) is 0 Å². The molecule has 4 nitrogen and oxygen atoms in total. The monoisotopic (exact) mass is 452 g/mol. The number of halogens is 2. The second-order valence-electron chi connectivity index (χ2n) is 7.56. The van der Waals surface area contributed by atoms with Crippen molar-refractivity contribution in [3.8, 4) is 0 Å². The molecule has 3 aromatic rings. The highest BCUT2D eigenvalue weighted by atomic mass is 35.5. The standard InChI is InChI=1S/C26H26ClFN2O2/c1-2-6-24(31)30(18-20-11-15-23(28)16-12-20)25(21-7-4-3-5-8-21)26(32)29-17-19-9-13-22(27)14-10-19/h3-5,7-16,25H,2,6,17-18H2,1H3,(H,29,32). The van der Waals surface area contributed by atoms with E-state index in [1.807, 2.05) is 49.4 Å². The van der Waals surface area contributed by atoms with Gasteiger partial charge in [0.25, 0.3) is 0 Å². The number of hydrogen-bond acceptors (Lipinski definition) is 2. The number of benzene rings is 3. The minimum absolute atomic E-state index is 0.132. The molecular formula is C26H26ClFN2O2. The van der Waals surface area contributed by atoms with E-state index < -0.39 is 6.04 Å². The van der Waals surface area contributed by atoms with Gasteiger partial charge in [-0.1, -0.05) is 73.1 Å². The van der Waals surface area contributed by atoms with Crippen LogP contribution in [-0.2, 0) is 22.7 Å². The Balaban J connectivity index is 1.90. The molecule has 1 atom stereocenters. The molecule has 1 unspecified atom stereocenters. The Morgan fingerprint density at radius 2 is 1.56 bits per heavy atom. The molecule has 3 aromatic carbocycles. The molecule has 0 aliphatic heterocycles. The summed E-state index contributed by atoms with van der Waals surface area (Å²) in [5.41, 5.74) is 2.37. The van der Waals surface area contributed by atoms with Gasteiger partial charge in [0.2, 0.25) is 11.8 Å². The first kappa shape index (κ1) is 23.5. The summed E-state index contributed by atoms with van der Waals surface area (Å²) in [6.07, 6.45) is 0.974. The molecule has 2 amide bonds. The van der Waals surface area contributed by atoms with E-state index in [4.69, 9.17) is 11.6 Å². The van der Waals surface area contributed by atoms with E-state index in [2.05, 4.69) is 5.32 Å². The van der Waals surface area contributed by atoms with Crippen molar-refractivity contribution in [2.45, 2.75) is 38.9 Å². The SMILES string of the molecule is CCCC(=O)N(Cc1ccc(F)cc1)C(C(=O)NCc1ccc(Cl)cc1)c1ccccc1. The molecule has 0 radical (unpaired) electrons. The van der Waals surface area contributed by atoms with Crippen LogP contribution in [0, 0.1) is 5.82 Å². The van der Waals surface area contributed by atoms with Crippen molar-refractivity contribution in [3.63, 3.8) is 0 Å². The Hall–Kier alpha value is -3.18. The molecule has 0 aliphatic carbocycles. The Labute approximate surface area is 193 Å². The van der Waals surface area contributed by atoms with Crippen molar-refractivity contribution >= 4 is 23.4 Å². The Bertz CT molecular complexity index is 1020. The first-order chi connectivity index (χ1) is 15.5. The fourth-order valence-electron chi connectivity index (χ4n) is 3.46. The molecule has 6 heteroatoms. The van der Waals surface area contributed by atoms with Gasteiger partial charge in [-0.25, -0.2) is 4.39 Å². The van der Waals surface area contributed by atoms with Crippen LogP contribution in [0.5, 0.6) is 0 Å².